The first-order valence-electron chi connectivity index (χ1n) is 16.4. The van der Waals surface area contributed by atoms with Gasteiger partial charge in [0.2, 0.25) is 41.4 Å². The van der Waals surface area contributed by atoms with Crippen molar-refractivity contribution in [3.8, 4) is 0 Å². The molecule has 0 spiro atoms. The number of carboxylic acid groups (broad SMARTS) is 1. The van der Waals surface area contributed by atoms with E-state index in [0.717, 1.165) is 28.5 Å². The van der Waals surface area contributed by atoms with Gasteiger partial charge >= 0.3 is 5.97 Å². The SMILES string of the molecule is CC(C)C[C@@H]1NC(=O)[C@H]([C@@H](C)O)NC(=O)[C@H](CC(=O)O)NC(=O)[C@H](CO)NC(=O)[C@H](CCCN=C(N)N)NC(=O)[C@@H](N)CSSC[C@@H](C(N)=O)NC1=O. The van der Waals surface area contributed by atoms with Crippen molar-refractivity contribution in [1.29, 1.82) is 0 Å². The first-order valence-corrected chi connectivity index (χ1v) is 18.9. The van der Waals surface area contributed by atoms with Crippen molar-refractivity contribution < 1.29 is 53.7 Å². The number of aliphatic hydroxyl groups excluding tert-OH is 2. The number of nitrogens with zero attached hydrogens (tertiary/aromatic N) is 1. The summed E-state index contributed by atoms with van der Waals surface area (Å²) in [5.74, 6) is -9.13. The van der Waals surface area contributed by atoms with Gasteiger partial charge in [-0.15, -0.1) is 0 Å². The number of hydrogen-bond acceptors (Lipinski definition) is 14. The molecule has 0 radical (unpaired) electrons. The lowest BCUT2D eigenvalue weighted by molar-refractivity contribution is -0.142. The molecule has 1 aliphatic heterocycles. The highest BCUT2D eigenvalue weighted by Crippen LogP contribution is 2.23. The molecule has 53 heavy (non-hydrogen) atoms. The van der Waals surface area contributed by atoms with Crippen LogP contribution in [0.1, 0.15) is 46.5 Å². The van der Waals surface area contributed by atoms with Crippen LogP contribution in [0.15, 0.2) is 4.99 Å². The number of amides is 7. The summed E-state index contributed by atoms with van der Waals surface area (Å²) in [4.78, 5) is 107. The van der Waals surface area contributed by atoms with Gasteiger partial charge in [-0.1, -0.05) is 35.4 Å². The molecule has 17 N–H and O–H groups in total. The molecule has 0 bridgehead atoms. The molecule has 1 aliphatic rings. The Morgan fingerprint density at radius 2 is 1.30 bits per heavy atom. The van der Waals surface area contributed by atoms with Gasteiger partial charge in [0, 0.05) is 18.1 Å². The molecule has 0 aromatic carbocycles. The number of guanidine groups is 1. The lowest BCUT2D eigenvalue weighted by Crippen LogP contribution is -2.62. The number of aliphatic hydroxyl groups is 2. The maximum absolute atomic E-state index is 13.4. The van der Waals surface area contributed by atoms with E-state index in [0.29, 0.717) is 0 Å². The zero-order valence-electron chi connectivity index (χ0n) is 29.5. The predicted octanol–water partition coefficient (Wildman–Crippen LogP) is -5.95. The van der Waals surface area contributed by atoms with Gasteiger partial charge in [-0.2, -0.15) is 0 Å². The topological polar surface area (TPSA) is 386 Å². The van der Waals surface area contributed by atoms with Crippen molar-refractivity contribution in [2.24, 2.45) is 33.8 Å². The number of primary amides is 1. The maximum Gasteiger partial charge on any atom is 0.305 e. The number of aliphatic imine (C=N–C) groups is 1. The molecule has 8 atom stereocenters. The number of nitrogens with two attached hydrogens (primary N) is 4. The number of carboxylic acids is 1. The van der Waals surface area contributed by atoms with Crippen molar-refractivity contribution in [3.05, 3.63) is 0 Å². The van der Waals surface area contributed by atoms with E-state index < -0.39 is 109 Å². The van der Waals surface area contributed by atoms with E-state index in [1.807, 2.05) is 0 Å². The molecule has 300 valence electrons. The number of aliphatic carboxylic acids is 1. The second kappa shape index (κ2) is 23.3. The largest absolute Gasteiger partial charge is 0.481 e. The summed E-state index contributed by atoms with van der Waals surface area (Å²) in [6.07, 6.45) is -2.53. The Bertz CT molecular complexity index is 1350. The highest BCUT2D eigenvalue weighted by molar-refractivity contribution is 8.76. The Morgan fingerprint density at radius 1 is 0.774 bits per heavy atom. The van der Waals surface area contributed by atoms with Gasteiger partial charge in [0.25, 0.3) is 0 Å². The minimum Gasteiger partial charge on any atom is -0.481 e. The molecular formula is C29H51N11O11S2. The van der Waals surface area contributed by atoms with Crippen molar-refractivity contribution in [2.75, 3.05) is 24.7 Å². The Morgan fingerprint density at radius 3 is 1.85 bits per heavy atom. The second-order valence-corrected chi connectivity index (χ2v) is 15.0. The van der Waals surface area contributed by atoms with Crippen LogP contribution in [-0.2, 0) is 38.4 Å². The highest BCUT2D eigenvalue weighted by atomic mass is 33.1. The number of nitrogens with one attached hydrogen (secondary N) is 6. The molecule has 7 amide bonds. The predicted molar refractivity (Wildman–Crippen MR) is 194 cm³/mol. The molecule has 0 aromatic heterocycles. The zero-order valence-corrected chi connectivity index (χ0v) is 31.2. The maximum atomic E-state index is 13.4. The third-order valence-corrected chi connectivity index (χ3v) is 9.82. The van der Waals surface area contributed by atoms with E-state index in [1.54, 1.807) is 13.8 Å². The van der Waals surface area contributed by atoms with Crippen LogP contribution in [0.2, 0.25) is 0 Å². The van der Waals surface area contributed by atoms with Crippen LogP contribution in [0, 0.1) is 5.92 Å². The number of carbonyl (C=O) groups is 8. The summed E-state index contributed by atoms with van der Waals surface area (Å²) in [6, 6.07) is -10.5. The average molecular weight is 794 g/mol. The van der Waals surface area contributed by atoms with E-state index >= 15 is 0 Å². The van der Waals surface area contributed by atoms with Crippen LogP contribution in [0.25, 0.3) is 0 Å². The molecule has 1 rings (SSSR count). The van der Waals surface area contributed by atoms with Crippen LogP contribution >= 0.6 is 21.6 Å². The normalized spacial score (nSPS) is 26.8. The van der Waals surface area contributed by atoms with Gasteiger partial charge < -0.3 is 70.2 Å². The monoisotopic (exact) mass is 793 g/mol. The van der Waals surface area contributed by atoms with Gasteiger partial charge in [0.15, 0.2) is 5.96 Å². The molecular weight excluding hydrogens is 743 g/mol. The van der Waals surface area contributed by atoms with Crippen LogP contribution < -0.4 is 54.8 Å². The molecule has 1 saturated heterocycles. The van der Waals surface area contributed by atoms with Crippen LogP contribution in [0.5, 0.6) is 0 Å². The van der Waals surface area contributed by atoms with Gasteiger partial charge in [0.1, 0.15) is 36.3 Å². The second-order valence-electron chi connectivity index (χ2n) is 12.5. The molecule has 0 aromatic rings. The minimum atomic E-state index is -1.91. The Kier molecular flexibility index (Phi) is 20.5. The standard InChI is InChI=1S/C29H51N11O11S2/c1-12(2)7-16-25(48)39-19(22(31)45)11-53-52-10-14(30)23(46)35-15(5-4-6-34-29(32)33)24(47)38-18(9-41)27(50)36-17(8-20(43)44)26(49)40-21(13(3)42)28(51)37-16/h12-19,21,41-42H,4-11,30H2,1-3H3,(H2,31,45)(H,35,46)(H,36,50)(H,37,51)(H,38,47)(H,39,48)(H,40,49)(H,43,44)(H4,32,33,34)/t13-,14+,15+,16+,17+,18+,19+,21+/m1/s1. The fourth-order valence-corrected chi connectivity index (χ4v) is 6.88. The summed E-state index contributed by atoms with van der Waals surface area (Å²) in [5, 5.41) is 43.7. The Labute approximate surface area is 313 Å². The van der Waals surface area contributed by atoms with Crippen LogP contribution in [0.4, 0.5) is 0 Å². The third kappa shape index (κ3) is 17.3. The van der Waals surface area contributed by atoms with E-state index in [9.17, 15) is 53.7 Å². The average Bonchev–Trinajstić information content (AvgIpc) is 3.06. The fraction of sp³-hybridized carbons (Fsp3) is 0.690. The summed E-state index contributed by atoms with van der Waals surface area (Å²) in [6.45, 7) is 3.63. The van der Waals surface area contributed by atoms with Crippen LogP contribution in [0.3, 0.4) is 0 Å². The van der Waals surface area contributed by atoms with Crippen molar-refractivity contribution in [1.82, 2.24) is 31.9 Å². The van der Waals surface area contributed by atoms with Gasteiger partial charge in [-0.3, -0.25) is 43.3 Å². The van der Waals surface area contributed by atoms with E-state index in [-0.39, 0.29) is 49.2 Å². The molecule has 1 heterocycles. The summed E-state index contributed by atoms with van der Waals surface area (Å²) in [7, 11) is 2.10. The lowest BCUT2D eigenvalue weighted by Gasteiger charge is -2.28. The summed E-state index contributed by atoms with van der Waals surface area (Å²) >= 11 is 0. The number of hydrogen-bond donors (Lipinski definition) is 13. The van der Waals surface area contributed by atoms with Gasteiger partial charge in [0.05, 0.1) is 25.2 Å². The first-order chi connectivity index (χ1) is 24.8. The molecule has 0 saturated carbocycles. The molecule has 24 heteroatoms. The molecule has 0 unspecified atom stereocenters. The van der Waals surface area contributed by atoms with Gasteiger partial charge in [-0.25, -0.2) is 0 Å². The first kappa shape index (κ1) is 46.6. The van der Waals surface area contributed by atoms with Crippen molar-refractivity contribution >= 4 is 74.9 Å². The minimum absolute atomic E-state index is 0.0383. The fourth-order valence-electron chi connectivity index (χ4n) is 4.58. The molecule has 0 aliphatic carbocycles. The van der Waals surface area contributed by atoms with Crippen molar-refractivity contribution in [3.63, 3.8) is 0 Å². The van der Waals surface area contributed by atoms with Crippen molar-refractivity contribution in [2.45, 2.75) is 94.9 Å². The smallest absolute Gasteiger partial charge is 0.305 e. The van der Waals surface area contributed by atoms with Gasteiger partial charge in [-0.05, 0) is 32.1 Å². The van der Waals surface area contributed by atoms with E-state index in [1.165, 1.54) is 0 Å². The Hall–Kier alpha value is -4.39. The molecule has 1 fully saturated rings. The summed E-state index contributed by atoms with van der Waals surface area (Å²) in [5.41, 5.74) is 22.2. The van der Waals surface area contributed by atoms with Crippen LogP contribution in [-0.4, -0.2) is 142 Å². The number of carbonyl (C=O) groups excluding carboxylic acids is 7. The zero-order chi connectivity index (χ0) is 40.4. The van der Waals surface area contributed by atoms with E-state index in [2.05, 4.69) is 36.9 Å². The number of rotatable bonds is 11. The lowest BCUT2D eigenvalue weighted by atomic mass is 10.0. The third-order valence-electron chi connectivity index (χ3n) is 7.37. The molecule has 22 nitrogen and oxygen atoms in total. The quantitative estimate of drug-likeness (QED) is 0.0401. The highest BCUT2D eigenvalue weighted by Gasteiger charge is 2.36. The Balaban J connectivity index is 3.58. The summed E-state index contributed by atoms with van der Waals surface area (Å²) < 4.78 is 0. The van der Waals surface area contributed by atoms with E-state index in [4.69, 9.17) is 22.9 Å².